The number of aryl methyl sites for hydroxylation is 1. The Bertz CT molecular complexity index is 419. The van der Waals surface area contributed by atoms with Gasteiger partial charge in [0.1, 0.15) is 18.2 Å². The Kier molecular flexibility index (Phi) is 4.64. The van der Waals surface area contributed by atoms with Gasteiger partial charge in [-0.1, -0.05) is 0 Å². The Hall–Kier alpha value is -1.21. The fourth-order valence-corrected chi connectivity index (χ4v) is 1.34. The summed E-state index contributed by atoms with van der Waals surface area (Å²) in [6, 6.07) is 0.656. The highest BCUT2D eigenvalue weighted by atomic mass is 19.4. The zero-order valence-electron chi connectivity index (χ0n) is 9.52. The van der Waals surface area contributed by atoms with Crippen LogP contribution in [-0.4, -0.2) is 19.4 Å². The van der Waals surface area contributed by atoms with E-state index in [1.165, 1.54) is 6.92 Å². The number of benzene rings is 1. The Balaban J connectivity index is 2.67. The number of ether oxygens (including phenoxy) is 1. The van der Waals surface area contributed by atoms with Crippen molar-refractivity contribution in [1.82, 2.24) is 0 Å². The summed E-state index contributed by atoms with van der Waals surface area (Å²) in [6.45, 7) is -0.649. The van der Waals surface area contributed by atoms with E-state index in [4.69, 9.17) is 5.73 Å². The third-order valence-corrected chi connectivity index (χ3v) is 2.24. The summed E-state index contributed by atoms with van der Waals surface area (Å²) < 4.78 is 66.3. The summed E-state index contributed by atoms with van der Waals surface area (Å²) in [7, 11) is 0. The summed E-state index contributed by atoms with van der Waals surface area (Å²) in [5, 5.41) is 0. The molecule has 0 aliphatic carbocycles. The molecule has 102 valence electrons. The second-order valence-corrected chi connectivity index (χ2v) is 3.86. The molecule has 18 heavy (non-hydrogen) atoms. The van der Waals surface area contributed by atoms with Gasteiger partial charge in [0.2, 0.25) is 0 Å². The molecule has 0 amide bonds. The van der Waals surface area contributed by atoms with Crippen LogP contribution in [0.25, 0.3) is 0 Å². The van der Waals surface area contributed by atoms with E-state index in [-0.39, 0.29) is 11.1 Å². The number of halogens is 5. The zero-order valence-corrected chi connectivity index (χ0v) is 9.52. The smallest absolute Gasteiger partial charge is 0.370 e. The van der Waals surface area contributed by atoms with Gasteiger partial charge in [-0.05, 0) is 24.6 Å². The van der Waals surface area contributed by atoms with E-state index in [0.717, 1.165) is 12.1 Å². The highest BCUT2D eigenvalue weighted by Gasteiger charge is 2.28. The maximum atomic E-state index is 13.4. The van der Waals surface area contributed by atoms with E-state index in [1.807, 2.05) is 0 Å². The Morgan fingerprint density at radius 1 is 1.22 bits per heavy atom. The van der Waals surface area contributed by atoms with Crippen molar-refractivity contribution in [2.75, 3.05) is 13.2 Å². The molecule has 0 aliphatic rings. The van der Waals surface area contributed by atoms with Gasteiger partial charge in [-0.2, -0.15) is 13.2 Å². The lowest BCUT2D eigenvalue weighted by molar-refractivity contribution is -0.174. The minimum absolute atomic E-state index is 0.0969. The van der Waals surface area contributed by atoms with Crippen molar-refractivity contribution in [3.8, 4) is 0 Å². The maximum absolute atomic E-state index is 13.4. The zero-order chi connectivity index (χ0) is 13.9. The average Bonchev–Trinajstić information content (AvgIpc) is 2.21. The lowest BCUT2D eigenvalue weighted by Gasteiger charge is -2.15. The summed E-state index contributed by atoms with van der Waals surface area (Å²) in [6.07, 6.45) is -4.48. The summed E-state index contributed by atoms with van der Waals surface area (Å²) in [5.41, 5.74) is 5.33. The highest BCUT2D eigenvalue weighted by Crippen LogP contribution is 2.21. The lowest BCUT2D eigenvalue weighted by atomic mass is 10.1. The SMILES string of the molecule is Cc1cc(F)c(C(N)COCC(F)(F)F)cc1F. The first-order valence-corrected chi connectivity index (χ1v) is 5.06. The molecule has 1 rings (SSSR count). The summed E-state index contributed by atoms with van der Waals surface area (Å²) in [5.74, 6) is -1.44. The fourth-order valence-electron chi connectivity index (χ4n) is 1.34. The number of hydrogen-bond donors (Lipinski definition) is 1. The molecule has 0 saturated heterocycles. The number of rotatable bonds is 4. The molecule has 2 N–H and O–H groups in total. The van der Waals surface area contributed by atoms with Crippen LogP contribution in [0.4, 0.5) is 22.0 Å². The van der Waals surface area contributed by atoms with Crippen molar-refractivity contribution in [2.45, 2.75) is 19.1 Å². The van der Waals surface area contributed by atoms with E-state index >= 15 is 0 Å². The normalized spacial score (nSPS) is 13.7. The standard InChI is InChI=1S/C11H12F5NO/c1-6-2-9(13)7(3-8(6)12)10(17)4-18-5-11(14,15)16/h2-3,10H,4-5,17H2,1H3. The minimum atomic E-state index is -4.48. The van der Waals surface area contributed by atoms with Crippen LogP contribution in [0, 0.1) is 18.6 Å². The van der Waals surface area contributed by atoms with Gasteiger partial charge >= 0.3 is 6.18 Å². The van der Waals surface area contributed by atoms with Crippen molar-refractivity contribution in [1.29, 1.82) is 0 Å². The predicted octanol–water partition coefficient (Wildman–Crippen LogP) is 2.85. The fraction of sp³-hybridized carbons (Fsp3) is 0.455. The molecule has 1 aromatic rings. The van der Waals surface area contributed by atoms with Gasteiger partial charge in [0.25, 0.3) is 0 Å². The van der Waals surface area contributed by atoms with Gasteiger partial charge in [-0.25, -0.2) is 8.78 Å². The molecule has 1 aromatic carbocycles. The van der Waals surface area contributed by atoms with Crippen molar-refractivity contribution < 1.29 is 26.7 Å². The van der Waals surface area contributed by atoms with Gasteiger partial charge < -0.3 is 10.5 Å². The molecule has 0 fully saturated rings. The second kappa shape index (κ2) is 5.62. The van der Waals surface area contributed by atoms with E-state index in [1.54, 1.807) is 0 Å². The molecule has 0 aliphatic heterocycles. The van der Waals surface area contributed by atoms with Crippen LogP contribution in [-0.2, 0) is 4.74 Å². The van der Waals surface area contributed by atoms with Crippen molar-refractivity contribution in [3.63, 3.8) is 0 Å². The molecular weight excluding hydrogens is 257 g/mol. The predicted molar refractivity (Wildman–Crippen MR) is 54.9 cm³/mol. The molecule has 0 saturated carbocycles. The van der Waals surface area contributed by atoms with Crippen molar-refractivity contribution in [2.24, 2.45) is 5.73 Å². The van der Waals surface area contributed by atoms with Crippen LogP contribution in [0.2, 0.25) is 0 Å². The Morgan fingerprint density at radius 2 is 1.83 bits per heavy atom. The third kappa shape index (κ3) is 4.23. The quantitative estimate of drug-likeness (QED) is 0.853. The number of hydrogen-bond acceptors (Lipinski definition) is 2. The van der Waals surface area contributed by atoms with Crippen LogP contribution in [0.1, 0.15) is 17.2 Å². The Labute approximate surface area is 101 Å². The monoisotopic (exact) mass is 269 g/mol. The summed E-state index contributed by atoms with van der Waals surface area (Å²) in [4.78, 5) is 0. The molecular formula is C11H12F5NO. The van der Waals surface area contributed by atoms with Gasteiger partial charge in [0.05, 0.1) is 12.6 Å². The van der Waals surface area contributed by atoms with Crippen molar-refractivity contribution in [3.05, 3.63) is 34.9 Å². The maximum Gasteiger partial charge on any atom is 0.411 e. The van der Waals surface area contributed by atoms with Crippen LogP contribution < -0.4 is 5.73 Å². The molecule has 2 nitrogen and oxygen atoms in total. The number of alkyl halides is 3. The molecule has 0 aromatic heterocycles. The van der Waals surface area contributed by atoms with E-state index < -0.39 is 37.1 Å². The summed E-state index contributed by atoms with van der Waals surface area (Å²) >= 11 is 0. The first-order chi connectivity index (χ1) is 8.20. The van der Waals surface area contributed by atoms with E-state index in [2.05, 4.69) is 4.74 Å². The van der Waals surface area contributed by atoms with Crippen molar-refractivity contribution >= 4 is 0 Å². The average molecular weight is 269 g/mol. The van der Waals surface area contributed by atoms with Gasteiger partial charge in [0, 0.05) is 5.56 Å². The van der Waals surface area contributed by atoms with Gasteiger partial charge in [-0.15, -0.1) is 0 Å². The minimum Gasteiger partial charge on any atom is -0.370 e. The second-order valence-electron chi connectivity index (χ2n) is 3.86. The molecule has 0 spiro atoms. The lowest BCUT2D eigenvalue weighted by Crippen LogP contribution is -2.24. The topological polar surface area (TPSA) is 35.2 Å². The highest BCUT2D eigenvalue weighted by molar-refractivity contribution is 5.27. The van der Waals surface area contributed by atoms with E-state index in [0.29, 0.717) is 0 Å². The van der Waals surface area contributed by atoms with Gasteiger partial charge in [-0.3, -0.25) is 0 Å². The Morgan fingerprint density at radius 3 is 2.39 bits per heavy atom. The number of nitrogens with two attached hydrogens (primary N) is 1. The third-order valence-electron chi connectivity index (χ3n) is 2.24. The molecule has 7 heteroatoms. The molecule has 0 bridgehead atoms. The van der Waals surface area contributed by atoms with Crippen LogP contribution in [0.3, 0.4) is 0 Å². The molecule has 0 radical (unpaired) electrons. The van der Waals surface area contributed by atoms with Crippen LogP contribution in [0.5, 0.6) is 0 Å². The van der Waals surface area contributed by atoms with Gasteiger partial charge in [0.15, 0.2) is 0 Å². The largest absolute Gasteiger partial charge is 0.411 e. The van der Waals surface area contributed by atoms with Crippen LogP contribution in [0.15, 0.2) is 12.1 Å². The molecule has 0 heterocycles. The first-order valence-electron chi connectivity index (χ1n) is 5.06. The molecule has 1 atom stereocenters. The molecule has 1 unspecified atom stereocenters. The van der Waals surface area contributed by atoms with Crippen LogP contribution >= 0.6 is 0 Å². The first kappa shape index (κ1) is 14.8. The van der Waals surface area contributed by atoms with E-state index in [9.17, 15) is 22.0 Å².